The van der Waals surface area contributed by atoms with Crippen molar-refractivity contribution in [1.82, 2.24) is 4.90 Å². The van der Waals surface area contributed by atoms with Crippen molar-refractivity contribution in [1.29, 1.82) is 0 Å². The lowest BCUT2D eigenvalue weighted by Gasteiger charge is -2.18. The van der Waals surface area contributed by atoms with Crippen molar-refractivity contribution in [3.05, 3.63) is 95.6 Å². The van der Waals surface area contributed by atoms with Crippen LogP contribution >= 0.6 is 0 Å². The molecule has 0 unspecified atom stereocenters. The minimum Gasteiger partial charge on any atom is -0.324 e. The van der Waals surface area contributed by atoms with E-state index in [9.17, 15) is 9.59 Å². The van der Waals surface area contributed by atoms with E-state index in [0.29, 0.717) is 23.5 Å². The lowest BCUT2D eigenvalue weighted by atomic mass is 10.1. The van der Waals surface area contributed by atoms with Gasteiger partial charge in [-0.25, -0.2) is 0 Å². The molecule has 0 saturated heterocycles. The number of nitrogens with zero attached hydrogens (tertiary/aromatic N) is 1. The van der Waals surface area contributed by atoms with Crippen LogP contribution in [0.4, 0.5) is 11.4 Å². The monoisotopic (exact) mass is 387 g/mol. The van der Waals surface area contributed by atoms with E-state index in [1.54, 1.807) is 24.3 Å². The van der Waals surface area contributed by atoms with E-state index in [1.807, 2.05) is 54.4 Å². The molecular formula is C24H25N3O2. The van der Waals surface area contributed by atoms with E-state index in [0.717, 1.165) is 0 Å². The fraction of sp³-hybridized carbons (Fsp3) is 0.167. The van der Waals surface area contributed by atoms with Crippen LogP contribution in [-0.2, 0) is 11.3 Å². The van der Waals surface area contributed by atoms with Gasteiger partial charge in [-0.3, -0.25) is 14.5 Å². The second kappa shape index (κ2) is 9.66. The van der Waals surface area contributed by atoms with Crippen LogP contribution < -0.4 is 10.6 Å². The van der Waals surface area contributed by atoms with Crippen LogP contribution in [0.2, 0.25) is 0 Å². The lowest BCUT2D eigenvalue weighted by Crippen LogP contribution is -2.30. The maximum atomic E-state index is 12.6. The van der Waals surface area contributed by atoms with Crippen molar-refractivity contribution in [2.45, 2.75) is 13.5 Å². The van der Waals surface area contributed by atoms with Crippen LogP contribution in [0.25, 0.3) is 0 Å². The van der Waals surface area contributed by atoms with Crippen molar-refractivity contribution in [2.75, 3.05) is 24.2 Å². The predicted octanol–water partition coefficient (Wildman–Crippen LogP) is 4.32. The standard InChI is InChI=1S/C24H25N3O2/c1-18-10-6-7-11-19(18)16-27(2)17-23(28)26-22-15-9-8-14-21(22)24(29)25-20-12-4-3-5-13-20/h3-15H,16-17H2,1-2H3,(H,25,29)(H,26,28). The molecule has 0 radical (unpaired) electrons. The smallest absolute Gasteiger partial charge is 0.257 e. The highest BCUT2D eigenvalue weighted by molar-refractivity contribution is 6.10. The number of carbonyl (C=O) groups is 2. The number of carbonyl (C=O) groups excluding carboxylic acids is 2. The number of para-hydroxylation sites is 2. The van der Waals surface area contributed by atoms with Gasteiger partial charge >= 0.3 is 0 Å². The van der Waals surface area contributed by atoms with Crippen molar-refractivity contribution >= 4 is 23.2 Å². The molecule has 2 N–H and O–H groups in total. The molecule has 2 amide bonds. The zero-order valence-corrected chi connectivity index (χ0v) is 16.7. The number of nitrogens with one attached hydrogen (secondary N) is 2. The summed E-state index contributed by atoms with van der Waals surface area (Å²) in [5.74, 6) is -0.429. The van der Waals surface area contributed by atoms with Gasteiger partial charge in [-0.2, -0.15) is 0 Å². The molecule has 0 bridgehead atoms. The molecule has 0 aliphatic carbocycles. The highest BCUT2D eigenvalue weighted by Crippen LogP contribution is 2.18. The Hall–Kier alpha value is -3.44. The van der Waals surface area contributed by atoms with Crippen LogP contribution in [0.5, 0.6) is 0 Å². The first-order chi connectivity index (χ1) is 14.0. The van der Waals surface area contributed by atoms with Crippen LogP contribution in [0, 0.1) is 6.92 Å². The first-order valence-electron chi connectivity index (χ1n) is 9.51. The van der Waals surface area contributed by atoms with Crippen LogP contribution in [0.15, 0.2) is 78.9 Å². The molecule has 0 saturated carbocycles. The first kappa shape index (κ1) is 20.3. The summed E-state index contributed by atoms with van der Waals surface area (Å²) in [7, 11) is 1.90. The van der Waals surface area contributed by atoms with Gasteiger partial charge in [0, 0.05) is 12.2 Å². The van der Waals surface area contributed by atoms with E-state index in [1.165, 1.54) is 11.1 Å². The highest BCUT2D eigenvalue weighted by atomic mass is 16.2. The van der Waals surface area contributed by atoms with E-state index in [4.69, 9.17) is 0 Å². The third kappa shape index (κ3) is 5.77. The molecule has 0 spiro atoms. The van der Waals surface area contributed by atoms with Gasteiger partial charge in [0.25, 0.3) is 5.91 Å². The van der Waals surface area contributed by atoms with Crippen molar-refractivity contribution in [3.63, 3.8) is 0 Å². The molecule has 0 aliphatic heterocycles. The summed E-state index contributed by atoms with van der Waals surface area (Å²) in [4.78, 5) is 27.1. The largest absolute Gasteiger partial charge is 0.324 e. The summed E-state index contributed by atoms with van der Waals surface area (Å²) in [6.45, 7) is 2.96. The van der Waals surface area contributed by atoms with Crippen LogP contribution in [0.3, 0.4) is 0 Å². The Morgan fingerprint density at radius 1 is 0.828 bits per heavy atom. The van der Waals surface area contributed by atoms with Gasteiger partial charge in [-0.15, -0.1) is 0 Å². The number of aryl methyl sites for hydroxylation is 1. The number of hydrogen-bond acceptors (Lipinski definition) is 3. The predicted molar refractivity (Wildman–Crippen MR) is 117 cm³/mol. The van der Waals surface area contributed by atoms with Crippen molar-refractivity contribution in [3.8, 4) is 0 Å². The summed E-state index contributed by atoms with van der Waals surface area (Å²) in [5.41, 5.74) is 4.01. The second-order valence-corrected chi connectivity index (χ2v) is 7.01. The number of rotatable bonds is 7. The molecule has 0 atom stereocenters. The topological polar surface area (TPSA) is 61.4 Å². The molecule has 5 heteroatoms. The molecular weight excluding hydrogens is 362 g/mol. The normalized spacial score (nSPS) is 10.6. The molecule has 5 nitrogen and oxygen atoms in total. The van der Waals surface area contributed by atoms with Gasteiger partial charge in [0.2, 0.25) is 5.91 Å². The fourth-order valence-electron chi connectivity index (χ4n) is 3.08. The number of amides is 2. The van der Waals surface area contributed by atoms with E-state index in [-0.39, 0.29) is 18.4 Å². The summed E-state index contributed by atoms with van der Waals surface area (Å²) in [5, 5.41) is 5.72. The van der Waals surface area contributed by atoms with E-state index >= 15 is 0 Å². The summed E-state index contributed by atoms with van der Waals surface area (Å²) < 4.78 is 0. The van der Waals surface area contributed by atoms with E-state index in [2.05, 4.69) is 29.7 Å². The molecule has 0 fully saturated rings. The Balaban J connectivity index is 1.63. The zero-order chi connectivity index (χ0) is 20.6. The van der Waals surface area contributed by atoms with Gasteiger partial charge in [0.15, 0.2) is 0 Å². The SMILES string of the molecule is Cc1ccccc1CN(C)CC(=O)Nc1ccccc1C(=O)Nc1ccccc1. The first-order valence-corrected chi connectivity index (χ1v) is 9.51. The summed E-state index contributed by atoms with van der Waals surface area (Å²) in [6.07, 6.45) is 0. The molecule has 3 aromatic carbocycles. The third-order valence-electron chi connectivity index (χ3n) is 4.59. The van der Waals surface area contributed by atoms with Crippen LogP contribution in [0.1, 0.15) is 21.5 Å². The Kier molecular flexibility index (Phi) is 6.76. The molecule has 3 aromatic rings. The highest BCUT2D eigenvalue weighted by Gasteiger charge is 2.14. The van der Waals surface area contributed by atoms with Gasteiger partial charge in [-0.05, 0) is 49.4 Å². The fourth-order valence-corrected chi connectivity index (χ4v) is 3.08. The number of benzene rings is 3. The molecule has 29 heavy (non-hydrogen) atoms. The maximum Gasteiger partial charge on any atom is 0.257 e. The molecule has 3 rings (SSSR count). The Morgan fingerprint density at radius 2 is 1.48 bits per heavy atom. The van der Waals surface area contributed by atoms with E-state index < -0.39 is 0 Å². The number of likely N-dealkylation sites (N-methyl/N-ethyl adjacent to an activating group) is 1. The second-order valence-electron chi connectivity index (χ2n) is 7.01. The number of anilines is 2. The minimum atomic E-state index is -0.264. The van der Waals surface area contributed by atoms with Gasteiger partial charge < -0.3 is 10.6 Å². The average molecular weight is 387 g/mol. The van der Waals surface area contributed by atoms with Gasteiger partial charge in [0.1, 0.15) is 0 Å². The quantitative estimate of drug-likeness (QED) is 0.635. The minimum absolute atomic E-state index is 0.166. The lowest BCUT2D eigenvalue weighted by molar-refractivity contribution is -0.117. The van der Waals surface area contributed by atoms with Crippen LogP contribution in [-0.4, -0.2) is 30.3 Å². The Bertz CT molecular complexity index is 986. The van der Waals surface area contributed by atoms with Gasteiger partial charge in [0.05, 0.1) is 17.8 Å². The van der Waals surface area contributed by atoms with Gasteiger partial charge in [-0.1, -0.05) is 54.6 Å². The summed E-state index contributed by atoms with van der Waals surface area (Å²) in [6, 6.07) is 24.4. The summed E-state index contributed by atoms with van der Waals surface area (Å²) >= 11 is 0. The maximum absolute atomic E-state index is 12.6. The molecule has 0 heterocycles. The number of hydrogen-bond donors (Lipinski definition) is 2. The molecule has 0 aliphatic rings. The molecule has 0 aromatic heterocycles. The third-order valence-corrected chi connectivity index (χ3v) is 4.59. The van der Waals surface area contributed by atoms with Crippen molar-refractivity contribution < 1.29 is 9.59 Å². The average Bonchev–Trinajstić information content (AvgIpc) is 2.70. The Morgan fingerprint density at radius 3 is 2.24 bits per heavy atom. The molecule has 148 valence electrons. The zero-order valence-electron chi connectivity index (χ0n) is 16.7. The Labute approximate surface area is 171 Å². The van der Waals surface area contributed by atoms with Crippen molar-refractivity contribution in [2.24, 2.45) is 0 Å².